The van der Waals surface area contributed by atoms with Crippen molar-refractivity contribution in [3.05, 3.63) is 41.0 Å². The number of ether oxygens (including phenoxy) is 2. The van der Waals surface area contributed by atoms with Gasteiger partial charge >= 0.3 is 0 Å². The number of nitrogens with one attached hydrogen (secondary N) is 1. The van der Waals surface area contributed by atoms with E-state index in [2.05, 4.69) is 10.3 Å². The van der Waals surface area contributed by atoms with E-state index < -0.39 is 0 Å². The third-order valence-corrected chi connectivity index (χ3v) is 2.96. The van der Waals surface area contributed by atoms with Gasteiger partial charge in [0, 0.05) is 12.3 Å². The zero-order valence-electron chi connectivity index (χ0n) is 11.0. The van der Waals surface area contributed by atoms with Gasteiger partial charge in [0.1, 0.15) is 0 Å². The van der Waals surface area contributed by atoms with Gasteiger partial charge in [0.15, 0.2) is 11.6 Å². The molecule has 0 saturated carbocycles. The van der Waals surface area contributed by atoms with Crippen LogP contribution in [0, 0.1) is 11.3 Å². The third-order valence-electron chi connectivity index (χ3n) is 2.64. The molecular weight excluding hydrogens is 278 g/mol. The zero-order valence-corrected chi connectivity index (χ0v) is 11.7. The largest absolute Gasteiger partial charge is 0.493 e. The molecule has 20 heavy (non-hydrogen) atoms. The minimum Gasteiger partial charge on any atom is -0.493 e. The summed E-state index contributed by atoms with van der Waals surface area (Å²) in [6, 6.07) is 8.68. The molecule has 2 aromatic rings. The van der Waals surface area contributed by atoms with E-state index in [1.165, 1.54) is 7.11 Å². The fourth-order valence-corrected chi connectivity index (χ4v) is 1.92. The minimum atomic E-state index is 0.427. The SMILES string of the molecule is COc1ccnc(Nc2ccc(C#N)cc2Cl)c1OC. The summed E-state index contributed by atoms with van der Waals surface area (Å²) in [4.78, 5) is 4.20. The molecule has 1 aromatic heterocycles. The maximum atomic E-state index is 8.82. The van der Waals surface area contributed by atoms with Gasteiger partial charge in [-0.15, -0.1) is 0 Å². The molecule has 1 heterocycles. The predicted octanol–water partition coefficient (Wildman–Crippen LogP) is 3.37. The first-order valence-corrected chi connectivity index (χ1v) is 6.11. The number of nitriles is 1. The Balaban J connectivity index is 2.38. The highest BCUT2D eigenvalue weighted by atomic mass is 35.5. The fourth-order valence-electron chi connectivity index (χ4n) is 1.69. The number of halogens is 1. The number of hydrogen-bond donors (Lipinski definition) is 1. The molecule has 0 fully saturated rings. The maximum absolute atomic E-state index is 8.82. The molecule has 0 spiro atoms. The molecule has 0 amide bonds. The number of aromatic nitrogens is 1. The van der Waals surface area contributed by atoms with Crippen LogP contribution in [0.5, 0.6) is 11.5 Å². The average Bonchev–Trinajstić information content (AvgIpc) is 2.48. The summed E-state index contributed by atoms with van der Waals surface area (Å²) in [5.41, 5.74) is 1.12. The Morgan fingerprint density at radius 3 is 2.65 bits per heavy atom. The van der Waals surface area contributed by atoms with Gasteiger partial charge in [-0.2, -0.15) is 5.26 Å². The van der Waals surface area contributed by atoms with Crippen molar-refractivity contribution < 1.29 is 9.47 Å². The number of pyridine rings is 1. The summed E-state index contributed by atoms with van der Waals surface area (Å²) in [6.07, 6.45) is 1.60. The summed E-state index contributed by atoms with van der Waals surface area (Å²) in [5, 5.41) is 12.3. The summed E-state index contributed by atoms with van der Waals surface area (Å²) in [7, 11) is 3.08. The molecule has 0 aliphatic heterocycles. The van der Waals surface area contributed by atoms with Crippen LogP contribution in [-0.2, 0) is 0 Å². The van der Waals surface area contributed by atoms with E-state index in [0.717, 1.165) is 0 Å². The second-order valence-electron chi connectivity index (χ2n) is 3.83. The van der Waals surface area contributed by atoms with Gasteiger partial charge in [-0.3, -0.25) is 0 Å². The van der Waals surface area contributed by atoms with Crippen molar-refractivity contribution in [2.24, 2.45) is 0 Å². The van der Waals surface area contributed by atoms with Crippen LogP contribution in [0.2, 0.25) is 5.02 Å². The van der Waals surface area contributed by atoms with Gasteiger partial charge in [-0.05, 0) is 18.2 Å². The normalized spacial score (nSPS) is 9.70. The molecule has 0 unspecified atom stereocenters. The van der Waals surface area contributed by atoms with Crippen LogP contribution in [0.1, 0.15) is 5.56 Å². The van der Waals surface area contributed by atoms with Crippen LogP contribution in [0.15, 0.2) is 30.5 Å². The third kappa shape index (κ3) is 2.76. The Labute approximate surface area is 121 Å². The fraction of sp³-hybridized carbons (Fsp3) is 0.143. The quantitative estimate of drug-likeness (QED) is 0.934. The number of methoxy groups -OCH3 is 2. The Morgan fingerprint density at radius 1 is 1.25 bits per heavy atom. The summed E-state index contributed by atoms with van der Waals surface area (Å²) in [5.74, 6) is 1.53. The predicted molar refractivity (Wildman–Crippen MR) is 76.8 cm³/mol. The van der Waals surface area contributed by atoms with Gasteiger partial charge in [0.2, 0.25) is 5.75 Å². The van der Waals surface area contributed by atoms with E-state index in [1.807, 2.05) is 6.07 Å². The highest BCUT2D eigenvalue weighted by Crippen LogP contribution is 2.36. The van der Waals surface area contributed by atoms with Crippen molar-refractivity contribution in [1.29, 1.82) is 5.26 Å². The van der Waals surface area contributed by atoms with Crippen molar-refractivity contribution >= 4 is 23.1 Å². The highest BCUT2D eigenvalue weighted by Gasteiger charge is 2.12. The first-order valence-electron chi connectivity index (χ1n) is 5.73. The monoisotopic (exact) mass is 289 g/mol. The Morgan fingerprint density at radius 2 is 2.05 bits per heavy atom. The summed E-state index contributed by atoms with van der Waals surface area (Å²) >= 11 is 6.11. The van der Waals surface area contributed by atoms with Crippen molar-refractivity contribution in [3.8, 4) is 17.6 Å². The van der Waals surface area contributed by atoms with Crippen LogP contribution >= 0.6 is 11.6 Å². The van der Waals surface area contributed by atoms with Gasteiger partial charge in [0.05, 0.1) is 36.6 Å². The molecule has 5 nitrogen and oxygen atoms in total. The number of benzene rings is 1. The molecule has 1 aromatic carbocycles. The highest BCUT2D eigenvalue weighted by molar-refractivity contribution is 6.33. The number of anilines is 2. The van der Waals surface area contributed by atoms with Crippen molar-refractivity contribution in [3.63, 3.8) is 0 Å². The van der Waals surface area contributed by atoms with Crippen LogP contribution in [0.3, 0.4) is 0 Å². The van der Waals surface area contributed by atoms with Gasteiger partial charge in [0.25, 0.3) is 0 Å². The van der Waals surface area contributed by atoms with E-state index in [-0.39, 0.29) is 0 Å². The van der Waals surface area contributed by atoms with Crippen LogP contribution in [-0.4, -0.2) is 19.2 Å². The summed E-state index contributed by atoms with van der Waals surface area (Å²) < 4.78 is 10.5. The lowest BCUT2D eigenvalue weighted by Gasteiger charge is -2.13. The lowest BCUT2D eigenvalue weighted by atomic mass is 10.2. The van der Waals surface area contributed by atoms with Crippen LogP contribution < -0.4 is 14.8 Å². The van der Waals surface area contributed by atoms with Crippen LogP contribution in [0.25, 0.3) is 0 Å². The molecule has 1 N–H and O–H groups in total. The van der Waals surface area contributed by atoms with E-state index in [1.54, 1.807) is 37.6 Å². The van der Waals surface area contributed by atoms with E-state index in [9.17, 15) is 0 Å². The second kappa shape index (κ2) is 6.13. The average molecular weight is 290 g/mol. The zero-order chi connectivity index (χ0) is 14.5. The van der Waals surface area contributed by atoms with Crippen LogP contribution in [0.4, 0.5) is 11.5 Å². The number of nitrogens with zero attached hydrogens (tertiary/aromatic N) is 2. The van der Waals surface area contributed by atoms with Gasteiger partial charge < -0.3 is 14.8 Å². The molecule has 6 heteroatoms. The molecule has 0 bridgehead atoms. The number of rotatable bonds is 4. The smallest absolute Gasteiger partial charge is 0.204 e. The Bertz CT molecular complexity index is 668. The molecule has 102 valence electrons. The molecule has 0 aliphatic rings. The first kappa shape index (κ1) is 14.0. The Kier molecular flexibility index (Phi) is 4.28. The standard InChI is InChI=1S/C14H12ClN3O2/c1-19-12-5-6-17-14(13(12)20-2)18-11-4-3-9(8-16)7-10(11)15/h3-7H,1-2H3,(H,17,18). The van der Waals surface area contributed by atoms with E-state index in [0.29, 0.717) is 33.6 Å². The molecule has 0 saturated heterocycles. The lowest BCUT2D eigenvalue weighted by molar-refractivity contribution is 0.355. The Hall–Kier alpha value is -2.45. The lowest BCUT2D eigenvalue weighted by Crippen LogP contribution is -2.00. The summed E-state index contributed by atoms with van der Waals surface area (Å²) in [6.45, 7) is 0. The van der Waals surface area contributed by atoms with Crippen molar-refractivity contribution in [2.45, 2.75) is 0 Å². The van der Waals surface area contributed by atoms with Gasteiger partial charge in [-0.1, -0.05) is 11.6 Å². The second-order valence-corrected chi connectivity index (χ2v) is 4.23. The molecule has 0 radical (unpaired) electrons. The van der Waals surface area contributed by atoms with Crippen molar-refractivity contribution in [2.75, 3.05) is 19.5 Å². The molecule has 2 rings (SSSR count). The maximum Gasteiger partial charge on any atom is 0.204 e. The first-order chi connectivity index (χ1) is 9.69. The van der Waals surface area contributed by atoms with Gasteiger partial charge in [-0.25, -0.2) is 4.98 Å². The van der Waals surface area contributed by atoms with E-state index in [4.69, 9.17) is 26.3 Å². The minimum absolute atomic E-state index is 0.427. The molecule has 0 atom stereocenters. The van der Waals surface area contributed by atoms with E-state index >= 15 is 0 Å². The molecule has 0 aliphatic carbocycles. The molecular formula is C14H12ClN3O2. The number of hydrogen-bond acceptors (Lipinski definition) is 5. The topological polar surface area (TPSA) is 67.2 Å². The van der Waals surface area contributed by atoms with Crippen molar-refractivity contribution in [1.82, 2.24) is 4.98 Å².